The Hall–Kier alpha value is -2.39. The highest BCUT2D eigenvalue weighted by Gasteiger charge is 2.42. The van der Waals surface area contributed by atoms with Crippen molar-refractivity contribution in [2.75, 3.05) is 26.4 Å². The minimum Gasteiger partial charge on any atom is -0.381 e. The lowest BCUT2D eigenvalue weighted by molar-refractivity contribution is -0.143. The molecule has 0 atom stereocenters. The number of amides is 1. The Labute approximate surface area is 172 Å². The van der Waals surface area contributed by atoms with Gasteiger partial charge in [-0.1, -0.05) is 30.3 Å². The van der Waals surface area contributed by atoms with Crippen LogP contribution in [0.4, 0.5) is 13.2 Å². The van der Waals surface area contributed by atoms with Crippen molar-refractivity contribution in [1.29, 1.82) is 0 Å². The average molecular weight is 423 g/mol. The molecule has 6 nitrogen and oxygen atoms in total. The van der Waals surface area contributed by atoms with Gasteiger partial charge in [-0.3, -0.25) is 9.48 Å². The van der Waals surface area contributed by atoms with E-state index in [1.54, 1.807) is 0 Å². The fourth-order valence-corrected chi connectivity index (χ4v) is 4.29. The van der Waals surface area contributed by atoms with Crippen LogP contribution in [0, 0.1) is 0 Å². The normalized spacial score (nSPS) is 18.6. The SMILES string of the molecule is O=C(NCCn1nc(C(F)(F)F)c2c1CCOC2)C1(c2ccccc2)CCOCC1. The zero-order valence-corrected chi connectivity index (χ0v) is 16.5. The predicted molar refractivity (Wildman–Crippen MR) is 102 cm³/mol. The number of nitrogens with one attached hydrogen (secondary N) is 1. The summed E-state index contributed by atoms with van der Waals surface area (Å²) in [6, 6.07) is 9.57. The second-order valence-electron chi connectivity index (χ2n) is 7.61. The molecule has 1 N–H and O–H groups in total. The van der Waals surface area contributed by atoms with Gasteiger partial charge in [-0.2, -0.15) is 18.3 Å². The van der Waals surface area contributed by atoms with Crippen molar-refractivity contribution in [3.05, 3.63) is 52.8 Å². The van der Waals surface area contributed by atoms with Crippen molar-refractivity contribution in [3.8, 4) is 0 Å². The van der Waals surface area contributed by atoms with Gasteiger partial charge in [0.2, 0.25) is 5.91 Å². The number of carbonyl (C=O) groups is 1. The van der Waals surface area contributed by atoms with E-state index in [1.165, 1.54) is 4.68 Å². The smallest absolute Gasteiger partial charge is 0.381 e. The summed E-state index contributed by atoms with van der Waals surface area (Å²) in [6.07, 6.45) is -3.03. The molecule has 2 aliphatic heterocycles. The predicted octanol–water partition coefficient (Wildman–Crippen LogP) is 2.84. The fourth-order valence-electron chi connectivity index (χ4n) is 4.29. The van der Waals surface area contributed by atoms with E-state index in [0.29, 0.717) is 44.8 Å². The quantitative estimate of drug-likeness (QED) is 0.803. The largest absolute Gasteiger partial charge is 0.435 e. The van der Waals surface area contributed by atoms with Crippen LogP contribution < -0.4 is 5.32 Å². The van der Waals surface area contributed by atoms with E-state index in [9.17, 15) is 18.0 Å². The summed E-state index contributed by atoms with van der Waals surface area (Å²) in [5, 5.41) is 6.72. The molecule has 0 saturated carbocycles. The van der Waals surface area contributed by atoms with Crippen molar-refractivity contribution in [2.24, 2.45) is 0 Å². The summed E-state index contributed by atoms with van der Waals surface area (Å²) in [4.78, 5) is 13.2. The third kappa shape index (κ3) is 3.96. The van der Waals surface area contributed by atoms with Gasteiger partial charge < -0.3 is 14.8 Å². The van der Waals surface area contributed by atoms with Crippen molar-refractivity contribution < 1.29 is 27.4 Å². The van der Waals surface area contributed by atoms with Crippen molar-refractivity contribution in [3.63, 3.8) is 0 Å². The van der Waals surface area contributed by atoms with Gasteiger partial charge in [0, 0.05) is 37.4 Å². The molecule has 9 heteroatoms. The molecular formula is C21H24F3N3O3. The van der Waals surface area contributed by atoms with Crippen LogP contribution >= 0.6 is 0 Å². The third-order valence-corrected chi connectivity index (χ3v) is 5.88. The van der Waals surface area contributed by atoms with Crippen LogP contribution in [0.25, 0.3) is 0 Å². The summed E-state index contributed by atoms with van der Waals surface area (Å²) in [5.41, 5.74) is -0.0157. The Bertz CT molecular complexity index is 890. The molecule has 1 aromatic carbocycles. The molecule has 3 heterocycles. The maximum atomic E-state index is 13.3. The summed E-state index contributed by atoms with van der Waals surface area (Å²) in [6.45, 7) is 1.62. The highest BCUT2D eigenvalue weighted by atomic mass is 19.4. The zero-order valence-electron chi connectivity index (χ0n) is 16.5. The molecule has 1 amide bonds. The Kier molecular flexibility index (Phi) is 5.84. The first-order valence-corrected chi connectivity index (χ1v) is 10.1. The molecular weight excluding hydrogens is 399 g/mol. The zero-order chi connectivity index (χ0) is 21.2. The van der Waals surface area contributed by atoms with E-state index in [1.807, 2.05) is 30.3 Å². The minimum absolute atomic E-state index is 0.0896. The van der Waals surface area contributed by atoms with E-state index < -0.39 is 17.3 Å². The molecule has 1 aromatic heterocycles. The van der Waals surface area contributed by atoms with Gasteiger partial charge >= 0.3 is 6.18 Å². The Morgan fingerprint density at radius 2 is 1.87 bits per heavy atom. The summed E-state index contributed by atoms with van der Waals surface area (Å²) in [5.74, 6) is -0.127. The Morgan fingerprint density at radius 1 is 1.13 bits per heavy atom. The number of hydrogen-bond acceptors (Lipinski definition) is 4. The molecule has 2 aliphatic rings. The molecule has 0 unspecified atom stereocenters. The van der Waals surface area contributed by atoms with Gasteiger partial charge in [0.1, 0.15) is 0 Å². The number of hydrogen-bond donors (Lipinski definition) is 1. The first-order chi connectivity index (χ1) is 14.4. The van der Waals surface area contributed by atoms with Crippen molar-refractivity contribution >= 4 is 5.91 Å². The maximum absolute atomic E-state index is 13.3. The molecule has 0 bridgehead atoms. The lowest BCUT2D eigenvalue weighted by Gasteiger charge is -2.36. The number of nitrogens with zero attached hydrogens (tertiary/aromatic N) is 2. The second kappa shape index (κ2) is 8.39. The average Bonchev–Trinajstić information content (AvgIpc) is 3.14. The van der Waals surface area contributed by atoms with E-state index in [0.717, 1.165) is 5.56 Å². The minimum atomic E-state index is -4.53. The first kappa shape index (κ1) is 20.9. The number of alkyl halides is 3. The summed E-state index contributed by atoms with van der Waals surface area (Å²) >= 11 is 0. The second-order valence-corrected chi connectivity index (χ2v) is 7.61. The molecule has 4 rings (SSSR count). The molecule has 162 valence electrons. The van der Waals surface area contributed by atoms with E-state index in [4.69, 9.17) is 9.47 Å². The lowest BCUT2D eigenvalue weighted by Crippen LogP contribution is -2.48. The van der Waals surface area contributed by atoms with Gasteiger partial charge in [0.05, 0.1) is 25.2 Å². The molecule has 30 heavy (non-hydrogen) atoms. The van der Waals surface area contributed by atoms with Crippen LogP contribution in [0.2, 0.25) is 0 Å². The van der Waals surface area contributed by atoms with Crippen LogP contribution in [0.1, 0.15) is 35.4 Å². The monoisotopic (exact) mass is 423 g/mol. The number of halogens is 3. The summed E-state index contributed by atoms with van der Waals surface area (Å²) < 4.78 is 51.9. The van der Waals surface area contributed by atoms with E-state index >= 15 is 0 Å². The van der Waals surface area contributed by atoms with Crippen molar-refractivity contribution in [2.45, 2.75) is 44.0 Å². The highest BCUT2D eigenvalue weighted by molar-refractivity contribution is 5.88. The van der Waals surface area contributed by atoms with Crippen LogP contribution in [0.15, 0.2) is 30.3 Å². The standard InChI is InChI=1S/C21H24F3N3O3/c22-21(23,24)18-16-14-30-11-6-17(16)27(26-18)10-9-25-19(28)20(7-12-29-13-8-20)15-4-2-1-3-5-15/h1-5H,6-14H2,(H,25,28). The van der Waals surface area contributed by atoms with Gasteiger partial charge in [-0.25, -0.2) is 0 Å². The number of fused-ring (bicyclic) bond motifs is 1. The number of benzene rings is 1. The van der Waals surface area contributed by atoms with Gasteiger partial charge in [-0.15, -0.1) is 0 Å². The topological polar surface area (TPSA) is 65.4 Å². The number of carbonyl (C=O) groups excluding carboxylic acids is 1. The number of ether oxygens (including phenoxy) is 2. The van der Waals surface area contributed by atoms with E-state index in [-0.39, 0.29) is 31.2 Å². The molecule has 0 spiro atoms. The lowest BCUT2D eigenvalue weighted by atomic mass is 9.73. The molecule has 1 fully saturated rings. The van der Waals surface area contributed by atoms with Crippen LogP contribution in [0.3, 0.4) is 0 Å². The Morgan fingerprint density at radius 3 is 2.57 bits per heavy atom. The molecule has 1 saturated heterocycles. The van der Waals surface area contributed by atoms with E-state index in [2.05, 4.69) is 10.4 Å². The number of aromatic nitrogens is 2. The highest BCUT2D eigenvalue weighted by Crippen LogP contribution is 2.36. The molecule has 0 radical (unpaired) electrons. The third-order valence-electron chi connectivity index (χ3n) is 5.88. The van der Waals surface area contributed by atoms with Gasteiger partial charge in [0.25, 0.3) is 0 Å². The van der Waals surface area contributed by atoms with Gasteiger partial charge in [-0.05, 0) is 18.4 Å². The number of rotatable bonds is 5. The molecule has 0 aliphatic carbocycles. The maximum Gasteiger partial charge on any atom is 0.435 e. The van der Waals surface area contributed by atoms with Crippen LogP contribution in [-0.4, -0.2) is 42.1 Å². The first-order valence-electron chi connectivity index (χ1n) is 10.1. The van der Waals surface area contributed by atoms with Gasteiger partial charge in [0.15, 0.2) is 5.69 Å². The van der Waals surface area contributed by atoms with Crippen molar-refractivity contribution in [1.82, 2.24) is 15.1 Å². The van der Waals surface area contributed by atoms with Crippen LogP contribution in [0.5, 0.6) is 0 Å². The summed E-state index contributed by atoms with van der Waals surface area (Å²) in [7, 11) is 0. The van der Waals surface area contributed by atoms with Crippen LogP contribution in [-0.2, 0) is 45.4 Å². The Balaban J connectivity index is 1.49. The molecule has 2 aromatic rings. The fraction of sp³-hybridized carbons (Fsp3) is 0.524.